The Morgan fingerprint density at radius 3 is 2.33 bits per heavy atom. The molecule has 0 atom stereocenters. The van der Waals surface area contributed by atoms with Gasteiger partial charge in [-0.25, -0.2) is 0 Å². The van der Waals surface area contributed by atoms with Gasteiger partial charge in [-0.3, -0.25) is 0 Å². The van der Waals surface area contributed by atoms with Gasteiger partial charge < -0.3 is 4.74 Å². The Labute approximate surface area is 57.0 Å². The lowest BCUT2D eigenvalue weighted by molar-refractivity contribution is 0.227. The summed E-state index contributed by atoms with van der Waals surface area (Å²) in [5.41, 5.74) is 2.26. The highest BCUT2D eigenvalue weighted by Gasteiger charge is 1.92. The van der Waals surface area contributed by atoms with Crippen LogP contribution in [0, 0.1) is 0 Å². The van der Waals surface area contributed by atoms with Crippen molar-refractivity contribution in [3.05, 3.63) is 23.8 Å². The van der Waals surface area contributed by atoms with Gasteiger partial charge in [0.05, 0.1) is 6.61 Å². The molecule has 0 aromatic heterocycles. The molecule has 0 aliphatic rings. The molecule has 0 N–H and O–H groups in total. The Kier molecular flexibility index (Phi) is 4.06. The molecule has 0 saturated heterocycles. The SMILES string of the molecule is C=C(C)/C(=C\C)COC. The van der Waals surface area contributed by atoms with Crippen molar-refractivity contribution in [3.8, 4) is 0 Å². The van der Waals surface area contributed by atoms with Crippen LogP contribution < -0.4 is 0 Å². The van der Waals surface area contributed by atoms with Crippen LogP contribution in [0.15, 0.2) is 23.8 Å². The molecule has 0 aromatic carbocycles. The molecular formula is C8H14O. The highest BCUT2D eigenvalue weighted by atomic mass is 16.5. The van der Waals surface area contributed by atoms with E-state index in [1.807, 2.05) is 19.9 Å². The van der Waals surface area contributed by atoms with Gasteiger partial charge in [-0.1, -0.05) is 18.2 Å². The van der Waals surface area contributed by atoms with E-state index in [-0.39, 0.29) is 0 Å². The van der Waals surface area contributed by atoms with Crippen LogP contribution in [0.25, 0.3) is 0 Å². The second kappa shape index (κ2) is 4.33. The average Bonchev–Trinajstić information content (AvgIpc) is 1.82. The summed E-state index contributed by atoms with van der Waals surface area (Å²) < 4.78 is 4.93. The molecule has 0 unspecified atom stereocenters. The van der Waals surface area contributed by atoms with Crippen LogP contribution >= 0.6 is 0 Å². The van der Waals surface area contributed by atoms with Crippen LogP contribution in [0.5, 0.6) is 0 Å². The second-order valence-corrected chi connectivity index (χ2v) is 2.03. The van der Waals surface area contributed by atoms with E-state index < -0.39 is 0 Å². The fourth-order valence-electron chi connectivity index (χ4n) is 0.608. The monoisotopic (exact) mass is 126 g/mol. The number of ether oxygens (including phenoxy) is 1. The van der Waals surface area contributed by atoms with Gasteiger partial charge in [0.15, 0.2) is 0 Å². The number of rotatable bonds is 3. The highest BCUT2D eigenvalue weighted by molar-refractivity contribution is 5.25. The predicted molar refractivity (Wildman–Crippen MR) is 40.4 cm³/mol. The van der Waals surface area contributed by atoms with Gasteiger partial charge >= 0.3 is 0 Å². The zero-order chi connectivity index (χ0) is 7.28. The van der Waals surface area contributed by atoms with Gasteiger partial charge in [0.1, 0.15) is 0 Å². The van der Waals surface area contributed by atoms with Gasteiger partial charge in [0.2, 0.25) is 0 Å². The fourth-order valence-corrected chi connectivity index (χ4v) is 0.608. The molecule has 1 nitrogen and oxygen atoms in total. The zero-order valence-electron chi connectivity index (χ0n) is 6.40. The van der Waals surface area contributed by atoms with Crippen molar-refractivity contribution in [2.75, 3.05) is 13.7 Å². The molecule has 0 rings (SSSR count). The quantitative estimate of drug-likeness (QED) is 0.526. The van der Waals surface area contributed by atoms with E-state index in [9.17, 15) is 0 Å². The third-order valence-electron chi connectivity index (χ3n) is 1.20. The van der Waals surface area contributed by atoms with Crippen molar-refractivity contribution >= 4 is 0 Å². The zero-order valence-corrected chi connectivity index (χ0v) is 6.40. The van der Waals surface area contributed by atoms with Crippen LogP contribution in [-0.2, 0) is 4.74 Å². The largest absolute Gasteiger partial charge is 0.380 e. The topological polar surface area (TPSA) is 9.23 Å². The van der Waals surface area contributed by atoms with Crippen molar-refractivity contribution in [3.63, 3.8) is 0 Å². The molecule has 0 spiro atoms. The van der Waals surface area contributed by atoms with Gasteiger partial charge in [-0.15, -0.1) is 0 Å². The van der Waals surface area contributed by atoms with E-state index in [1.165, 1.54) is 5.57 Å². The number of hydrogen-bond donors (Lipinski definition) is 0. The smallest absolute Gasteiger partial charge is 0.0712 e. The molecule has 0 aliphatic heterocycles. The maximum absolute atomic E-state index is 4.93. The van der Waals surface area contributed by atoms with E-state index in [0.717, 1.165) is 5.57 Å². The third kappa shape index (κ3) is 3.09. The summed E-state index contributed by atoms with van der Waals surface area (Å²) in [4.78, 5) is 0. The molecule has 0 amide bonds. The first kappa shape index (κ1) is 8.44. The van der Waals surface area contributed by atoms with Gasteiger partial charge in [0, 0.05) is 7.11 Å². The minimum absolute atomic E-state index is 0.672. The van der Waals surface area contributed by atoms with Crippen molar-refractivity contribution in [2.45, 2.75) is 13.8 Å². The average molecular weight is 126 g/mol. The Hall–Kier alpha value is -0.560. The van der Waals surface area contributed by atoms with E-state index in [4.69, 9.17) is 4.74 Å². The summed E-state index contributed by atoms with van der Waals surface area (Å²) in [6.07, 6.45) is 2.02. The number of methoxy groups -OCH3 is 1. The minimum atomic E-state index is 0.672. The lowest BCUT2D eigenvalue weighted by Crippen LogP contribution is -1.93. The first-order valence-corrected chi connectivity index (χ1v) is 3.02. The van der Waals surface area contributed by atoms with Crippen molar-refractivity contribution in [1.29, 1.82) is 0 Å². The standard InChI is InChI=1S/C8H14O/c1-5-8(6-9-4)7(2)3/h5H,2,6H2,1,3-4H3/b8-5-. The fraction of sp³-hybridized carbons (Fsp3) is 0.500. The number of hydrogen-bond acceptors (Lipinski definition) is 1. The first-order valence-electron chi connectivity index (χ1n) is 3.02. The summed E-state index contributed by atoms with van der Waals surface area (Å²) in [6, 6.07) is 0. The number of allylic oxidation sites excluding steroid dienone is 1. The molecular weight excluding hydrogens is 112 g/mol. The molecule has 52 valence electrons. The van der Waals surface area contributed by atoms with Crippen LogP contribution in [0.1, 0.15) is 13.8 Å². The van der Waals surface area contributed by atoms with Crippen LogP contribution in [0.2, 0.25) is 0 Å². The summed E-state index contributed by atoms with van der Waals surface area (Å²) in [5.74, 6) is 0. The molecule has 0 saturated carbocycles. The van der Waals surface area contributed by atoms with Crippen LogP contribution in [0.4, 0.5) is 0 Å². The third-order valence-corrected chi connectivity index (χ3v) is 1.20. The predicted octanol–water partition coefficient (Wildman–Crippen LogP) is 2.16. The first-order chi connectivity index (χ1) is 4.22. The van der Waals surface area contributed by atoms with E-state index >= 15 is 0 Å². The van der Waals surface area contributed by atoms with E-state index in [1.54, 1.807) is 7.11 Å². The van der Waals surface area contributed by atoms with Gasteiger partial charge in [-0.2, -0.15) is 0 Å². The molecule has 0 bridgehead atoms. The Morgan fingerprint density at radius 1 is 1.67 bits per heavy atom. The van der Waals surface area contributed by atoms with Crippen LogP contribution in [-0.4, -0.2) is 13.7 Å². The van der Waals surface area contributed by atoms with E-state index in [2.05, 4.69) is 6.58 Å². The van der Waals surface area contributed by atoms with Crippen molar-refractivity contribution in [2.24, 2.45) is 0 Å². The van der Waals surface area contributed by atoms with Crippen molar-refractivity contribution < 1.29 is 4.74 Å². The molecule has 0 radical (unpaired) electrons. The molecule has 0 aliphatic carbocycles. The maximum Gasteiger partial charge on any atom is 0.0712 e. The second-order valence-electron chi connectivity index (χ2n) is 2.03. The van der Waals surface area contributed by atoms with Gasteiger partial charge in [0.25, 0.3) is 0 Å². The van der Waals surface area contributed by atoms with E-state index in [0.29, 0.717) is 6.61 Å². The summed E-state index contributed by atoms with van der Waals surface area (Å²) in [6.45, 7) is 8.44. The lowest BCUT2D eigenvalue weighted by atomic mass is 10.1. The Bertz CT molecular complexity index is 123. The highest BCUT2D eigenvalue weighted by Crippen LogP contribution is 2.05. The molecule has 1 heteroatoms. The minimum Gasteiger partial charge on any atom is -0.380 e. The van der Waals surface area contributed by atoms with Gasteiger partial charge in [-0.05, 0) is 19.4 Å². The Balaban J connectivity index is 3.85. The van der Waals surface area contributed by atoms with Crippen molar-refractivity contribution in [1.82, 2.24) is 0 Å². The molecule has 0 aromatic rings. The summed E-state index contributed by atoms with van der Waals surface area (Å²) >= 11 is 0. The molecule has 0 heterocycles. The maximum atomic E-state index is 4.93. The lowest BCUT2D eigenvalue weighted by Gasteiger charge is -2.02. The molecule has 9 heavy (non-hydrogen) atoms. The van der Waals surface area contributed by atoms with Crippen LogP contribution in [0.3, 0.4) is 0 Å². The normalized spacial score (nSPS) is 11.7. The summed E-state index contributed by atoms with van der Waals surface area (Å²) in [5, 5.41) is 0. The molecule has 0 fully saturated rings. The Morgan fingerprint density at radius 2 is 2.22 bits per heavy atom. The summed E-state index contributed by atoms with van der Waals surface area (Å²) in [7, 11) is 1.69.